The maximum Gasteiger partial charge on any atom is 0.0936 e. The Morgan fingerprint density at radius 1 is 1.29 bits per heavy atom. The first-order valence-electron chi connectivity index (χ1n) is 5.70. The van der Waals surface area contributed by atoms with Gasteiger partial charge in [0.1, 0.15) is 0 Å². The normalized spacial score (nSPS) is 25.1. The quantitative estimate of drug-likeness (QED) is 0.755. The van der Waals surface area contributed by atoms with E-state index in [-0.39, 0.29) is 12.6 Å². The molecule has 2 rings (SSSR count). The Bertz CT molecular complexity index is 366. The molecule has 92 valence electrons. The molecule has 0 saturated carbocycles. The lowest BCUT2D eigenvalue weighted by Gasteiger charge is -2.33. The zero-order chi connectivity index (χ0) is 12.1. The van der Waals surface area contributed by atoms with Crippen LogP contribution in [-0.2, 0) is 11.4 Å². The van der Waals surface area contributed by atoms with Gasteiger partial charge < -0.3 is 10.2 Å². The number of hydroxylamine groups is 2. The first kappa shape index (κ1) is 12.3. The molecule has 1 aromatic rings. The van der Waals surface area contributed by atoms with Gasteiger partial charge in [0.25, 0.3) is 0 Å². The molecule has 0 spiro atoms. The van der Waals surface area contributed by atoms with Crippen molar-refractivity contribution >= 4 is 0 Å². The molecule has 2 N–H and O–H groups in total. The number of nitrogens with zero attached hydrogens (tertiary/aromatic N) is 1. The molecular weight excluding hydrogens is 218 g/mol. The van der Waals surface area contributed by atoms with Crippen LogP contribution in [0.3, 0.4) is 0 Å². The Labute approximate surface area is 101 Å². The van der Waals surface area contributed by atoms with Gasteiger partial charge in [0.15, 0.2) is 0 Å². The predicted octanol–water partition coefficient (Wildman–Crippen LogP) is 0.712. The number of aliphatic hydroxyl groups excluding tert-OH is 2. The van der Waals surface area contributed by atoms with Gasteiger partial charge in [-0.05, 0) is 5.56 Å². The second-order valence-electron chi connectivity index (χ2n) is 4.03. The average Bonchev–Trinajstić information content (AvgIpc) is 2.37. The van der Waals surface area contributed by atoms with Gasteiger partial charge in [-0.2, -0.15) is 5.06 Å². The molecule has 0 amide bonds. The van der Waals surface area contributed by atoms with Crippen LogP contribution in [0.1, 0.15) is 5.56 Å². The van der Waals surface area contributed by atoms with Crippen LogP contribution in [0.5, 0.6) is 0 Å². The van der Waals surface area contributed by atoms with Crippen molar-refractivity contribution in [3.63, 3.8) is 0 Å². The molecule has 0 aliphatic carbocycles. The van der Waals surface area contributed by atoms with Crippen molar-refractivity contribution in [2.75, 3.05) is 13.2 Å². The fraction of sp³-hybridized carbons (Fsp3) is 0.385. The lowest BCUT2D eigenvalue weighted by molar-refractivity contribution is -0.214. The minimum atomic E-state index is -0.676. The summed E-state index contributed by atoms with van der Waals surface area (Å²) in [7, 11) is 0. The van der Waals surface area contributed by atoms with E-state index in [2.05, 4.69) is 0 Å². The minimum absolute atomic E-state index is 0.125. The maximum atomic E-state index is 9.67. The third-order valence-corrected chi connectivity index (χ3v) is 2.81. The van der Waals surface area contributed by atoms with E-state index in [0.717, 1.165) is 5.56 Å². The van der Waals surface area contributed by atoms with Crippen molar-refractivity contribution in [3.8, 4) is 0 Å². The number of hydrogen-bond acceptors (Lipinski definition) is 4. The molecule has 1 heterocycles. The molecule has 2 atom stereocenters. The number of hydrogen-bond donors (Lipinski definition) is 2. The van der Waals surface area contributed by atoms with E-state index in [4.69, 9.17) is 4.84 Å². The highest BCUT2D eigenvalue weighted by Crippen LogP contribution is 2.14. The molecule has 4 heteroatoms. The third-order valence-electron chi connectivity index (χ3n) is 2.81. The molecule has 0 fully saturated rings. The van der Waals surface area contributed by atoms with E-state index in [1.807, 2.05) is 36.4 Å². The molecule has 1 aliphatic rings. The average molecular weight is 235 g/mol. The van der Waals surface area contributed by atoms with Crippen molar-refractivity contribution < 1.29 is 15.1 Å². The largest absolute Gasteiger partial charge is 0.395 e. The predicted molar refractivity (Wildman–Crippen MR) is 64.0 cm³/mol. The van der Waals surface area contributed by atoms with E-state index in [1.165, 1.54) is 0 Å². The standard InChI is InChI=1S/C13H17NO3/c15-9-12-13(16)7-4-8-14(12)17-10-11-5-2-1-3-6-11/h1-7,12-13,15-16H,8-10H2/t12-,13-/m1/s1. The Balaban J connectivity index is 1.92. The van der Waals surface area contributed by atoms with Crippen molar-refractivity contribution in [2.45, 2.75) is 18.8 Å². The molecule has 1 aromatic carbocycles. The Kier molecular flexibility index (Phi) is 4.28. The van der Waals surface area contributed by atoms with Gasteiger partial charge in [-0.3, -0.25) is 4.84 Å². The van der Waals surface area contributed by atoms with Crippen LogP contribution in [0.15, 0.2) is 42.5 Å². The topological polar surface area (TPSA) is 52.9 Å². The lowest BCUT2D eigenvalue weighted by Crippen LogP contribution is -2.47. The monoisotopic (exact) mass is 235 g/mol. The maximum absolute atomic E-state index is 9.67. The van der Waals surface area contributed by atoms with Gasteiger partial charge in [0.05, 0.1) is 25.4 Å². The highest BCUT2D eigenvalue weighted by molar-refractivity contribution is 5.13. The van der Waals surface area contributed by atoms with Crippen LogP contribution in [0.4, 0.5) is 0 Å². The zero-order valence-electron chi connectivity index (χ0n) is 9.57. The molecule has 4 nitrogen and oxygen atoms in total. The van der Waals surface area contributed by atoms with E-state index in [0.29, 0.717) is 13.2 Å². The summed E-state index contributed by atoms with van der Waals surface area (Å²) in [4.78, 5) is 5.60. The highest BCUT2D eigenvalue weighted by Gasteiger charge is 2.27. The first-order chi connectivity index (χ1) is 8.31. The summed E-state index contributed by atoms with van der Waals surface area (Å²) < 4.78 is 0. The first-order valence-corrected chi connectivity index (χ1v) is 5.70. The molecule has 0 unspecified atom stereocenters. The molecule has 0 aromatic heterocycles. The van der Waals surface area contributed by atoms with Crippen LogP contribution in [-0.4, -0.2) is 40.6 Å². The van der Waals surface area contributed by atoms with E-state index in [1.54, 1.807) is 11.1 Å². The summed E-state index contributed by atoms with van der Waals surface area (Å²) in [5.41, 5.74) is 1.06. The summed E-state index contributed by atoms with van der Waals surface area (Å²) in [5.74, 6) is 0. The van der Waals surface area contributed by atoms with Gasteiger partial charge in [0, 0.05) is 6.54 Å². The molecule has 0 bridgehead atoms. The number of aliphatic hydroxyl groups is 2. The van der Waals surface area contributed by atoms with Crippen molar-refractivity contribution in [1.29, 1.82) is 0 Å². The fourth-order valence-electron chi connectivity index (χ4n) is 1.82. The van der Waals surface area contributed by atoms with Gasteiger partial charge in [-0.1, -0.05) is 42.5 Å². The molecule has 1 aliphatic heterocycles. The van der Waals surface area contributed by atoms with E-state index >= 15 is 0 Å². The summed E-state index contributed by atoms with van der Waals surface area (Å²) in [6.45, 7) is 0.896. The molecule has 0 saturated heterocycles. The number of benzene rings is 1. The molecular formula is C13H17NO3. The number of rotatable bonds is 4. The fourth-order valence-corrected chi connectivity index (χ4v) is 1.82. The van der Waals surface area contributed by atoms with Crippen LogP contribution < -0.4 is 0 Å². The van der Waals surface area contributed by atoms with Gasteiger partial charge in [0.2, 0.25) is 0 Å². The van der Waals surface area contributed by atoms with Crippen molar-refractivity contribution in [1.82, 2.24) is 5.06 Å². The summed E-state index contributed by atoms with van der Waals surface area (Å²) in [5, 5.41) is 20.5. The third kappa shape index (κ3) is 3.14. The van der Waals surface area contributed by atoms with Crippen molar-refractivity contribution in [3.05, 3.63) is 48.0 Å². The lowest BCUT2D eigenvalue weighted by atomic mass is 10.1. The Morgan fingerprint density at radius 3 is 2.76 bits per heavy atom. The SMILES string of the molecule is OC[C@@H]1[C@H](O)C=CCN1OCc1ccccc1. The molecule has 0 radical (unpaired) electrons. The van der Waals surface area contributed by atoms with E-state index < -0.39 is 6.10 Å². The summed E-state index contributed by atoms with van der Waals surface area (Å²) in [6.07, 6.45) is 2.84. The smallest absolute Gasteiger partial charge is 0.0936 e. The van der Waals surface area contributed by atoms with Crippen LogP contribution >= 0.6 is 0 Å². The van der Waals surface area contributed by atoms with Crippen LogP contribution in [0.2, 0.25) is 0 Å². The second-order valence-corrected chi connectivity index (χ2v) is 4.03. The van der Waals surface area contributed by atoms with Crippen LogP contribution in [0, 0.1) is 0 Å². The van der Waals surface area contributed by atoms with Gasteiger partial charge in [-0.15, -0.1) is 0 Å². The Morgan fingerprint density at radius 2 is 2.06 bits per heavy atom. The van der Waals surface area contributed by atoms with E-state index in [9.17, 15) is 10.2 Å². The van der Waals surface area contributed by atoms with Crippen LogP contribution in [0.25, 0.3) is 0 Å². The minimum Gasteiger partial charge on any atom is -0.395 e. The second kappa shape index (κ2) is 5.93. The highest BCUT2D eigenvalue weighted by atomic mass is 16.7. The zero-order valence-corrected chi connectivity index (χ0v) is 9.57. The van der Waals surface area contributed by atoms with Gasteiger partial charge >= 0.3 is 0 Å². The summed E-state index contributed by atoms with van der Waals surface area (Å²) >= 11 is 0. The summed E-state index contributed by atoms with van der Waals surface area (Å²) in [6, 6.07) is 9.42. The Hall–Kier alpha value is -1.20. The molecule has 17 heavy (non-hydrogen) atoms. The van der Waals surface area contributed by atoms with Crippen molar-refractivity contribution in [2.24, 2.45) is 0 Å². The van der Waals surface area contributed by atoms with Gasteiger partial charge in [-0.25, -0.2) is 0 Å².